The van der Waals surface area contributed by atoms with Crippen LogP contribution in [-0.4, -0.2) is 24.0 Å². The molecule has 0 spiro atoms. The van der Waals surface area contributed by atoms with E-state index in [2.05, 4.69) is 10.5 Å². The molecule has 0 aromatic heterocycles. The topological polar surface area (TPSA) is 67.8 Å². The predicted octanol–water partition coefficient (Wildman–Crippen LogP) is 2.93. The summed E-state index contributed by atoms with van der Waals surface area (Å²) in [6.07, 6.45) is 1.61. The monoisotopic (exact) mass is 316 g/mol. The Hall–Kier alpha value is -2.17. The van der Waals surface area contributed by atoms with Crippen molar-refractivity contribution in [2.75, 3.05) is 6.61 Å². The molecule has 0 atom stereocenters. The average molecular weight is 316 g/mol. The van der Waals surface area contributed by atoms with Gasteiger partial charge in [0.15, 0.2) is 6.61 Å². The molecule has 0 radical (unpaired) electrons. The van der Waals surface area contributed by atoms with Gasteiger partial charge >= 0.3 is 0 Å². The first kappa shape index (κ1) is 17.2. The van der Waals surface area contributed by atoms with Crippen LogP contribution < -0.4 is 10.2 Å². The molecule has 124 valence electrons. The van der Waals surface area contributed by atoms with Gasteiger partial charge in [0.05, 0.1) is 0 Å². The molecule has 5 nitrogen and oxygen atoms in total. The number of nitrogens with one attached hydrogen (secondary N) is 1. The van der Waals surface area contributed by atoms with E-state index in [0.717, 1.165) is 23.3 Å². The maximum atomic E-state index is 11.9. The molecule has 0 unspecified atom stereocenters. The van der Waals surface area contributed by atoms with Gasteiger partial charge in [-0.1, -0.05) is 31.5 Å². The van der Waals surface area contributed by atoms with Gasteiger partial charge in [0.1, 0.15) is 11.5 Å². The fourth-order valence-corrected chi connectivity index (χ4v) is 2.86. The number of hydrazone groups is 1. The van der Waals surface area contributed by atoms with E-state index in [0.29, 0.717) is 18.6 Å². The Morgan fingerprint density at radius 1 is 1.30 bits per heavy atom. The summed E-state index contributed by atoms with van der Waals surface area (Å²) in [4.78, 5) is 23.5. The number of carbonyl (C=O) groups excluding carboxylic acids is 2. The highest BCUT2D eigenvalue weighted by atomic mass is 16.5. The van der Waals surface area contributed by atoms with Gasteiger partial charge in [0.25, 0.3) is 5.91 Å². The van der Waals surface area contributed by atoms with Crippen LogP contribution >= 0.6 is 0 Å². The summed E-state index contributed by atoms with van der Waals surface area (Å²) in [5.74, 6) is 0.529. The molecule has 1 N–H and O–H groups in total. The molecule has 23 heavy (non-hydrogen) atoms. The number of ketones is 1. The lowest BCUT2D eigenvalue weighted by Gasteiger charge is -2.28. The molecule has 5 heteroatoms. The van der Waals surface area contributed by atoms with E-state index < -0.39 is 0 Å². The zero-order valence-electron chi connectivity index (χ0n) is 14.2. The highest BCUT2D eigenvalue weighted by molar-refractivity contribution is 6.05. The quantitative estimate of drug-likeness (QED) is 0.868. The van der Waals surface area contributed by atoms with E-state index in [1.807, 2.05) is 45.9 Å². The highest BCUT2D eigenvalue weighted by Crippen LogP contribution is 2.31. The largest absolute Gasteiger partial charge is 0.483 e. The van der Waals surface area contributed by atoms with E-state index in [1.54, 1.807) is 0 Å². The van der Waals surface area contributed by atoms with Crippen LogP contribution in [0.4, 0.5) is 0 Å². The first-order valence-corrected chi connectivity index (χ1v) is 7.81. The Bertz CT molecular complexity index is 648. The number of hydrogen-bond donors (Lipinski definition) is 1. The lowest BCUT2D eigenvalue weighted by molar-refractivity contribution is -0.123. The number of rotatable bonds is 4. The van der Waals surface area contributed by atoms with Crippen LogP contribution in [0.25, 0.3) is 0 Å². The highest BCUT2D eigenvalue weighted by Gasteiger charge is 2.30. The number of aryl methyl sites for hydroxylation is 2. The average Bonchev–Trinajstić information content (AvgIpc) is 2.42. The molecule has 0 saturated heterocycles. The lowest BCUT2D eigenvalue weighted by atomic mass is 9.76. The fourth-order valence-electron chi connectivity index (χ4n) is 2.86. The molecule has 1 aromatic rings. The van der Waals surface area contributed by atoms with Crippen molar-refractivity contribution in [1.82, 2.24) is 5.43 Å². The third kappa shape index (κ3) is 5.20. The number of ether oxygens (including phenoxy) is 1. The second-order valence-electron chi connectivity index (χ2n) is 7.00. The van der Waals surface area contributed by atoms with Gasteiger partial charge in [-0.2, -0.15) is 5.10 Å². The minimum Gasteiger partial charge on any atom is -0.483 e. The summed E-state index contributed by atoms with van der Waals surface area (Å²) < 4.78 is 5.51. The van der Waals surface area contributed by atoms with E-state index >= 15 is 0 Å². The van der Waals surface area contributed by atoms with Crippen LogP contribution in [0.3, 0.4) is 0 Å². The molecule has 1 amide bonds. The normalized spacial score (nSPS) is 18.8. The van der Waals surface area contributed by atoms with Gasteiger partial charge < -0.3 is 4.74 Å². The van der Waals surface area contributed by atoms with Crippen molar-refractivity contribution in [3.05, 3.63) is 29.3 Å². The van der Waals surface area contributed by atoms with Crippen molar-refractivity contribution >= 4 is 17.4 Å². The number of nitrogens with zero attached hydrogens (tertiary/aromatic N) is 1. The third-order valence-corrected chi connectivity index (χ3v) is 3.79. The van der Waals surface area contributed by atoms with Crippen LogP contribution in [0.2, 0.25) is 0 Å². The first-order chi connectivity index (χ1) is 10.7. The predicted molar refractivity (Wildman–Crippen MR) is 89.6 cm³/mol. The summed E-state index contributed by atoms with van der Waals surface area (Å²) in [5, 5.41) is 4.09. The van der Waals surface area contributed by atoms with Crippen molar-refractivity contribution < 1.29 is 14.3 Å². The smallest absolute Gasteiger partial charge is 0.277 e. The number of carbonyl (C=O) groups is 2. The van der Waals surface area contributed by atoms with Crippen LogP contribution in [0.5, 0.6) is 5.75 Å². The number of benzene rings is 1. The van der Waals surface area contributed by atoms with Crippen molar-refractivity contribution in [1.29, 1.82) is 0 Å². The minimum absolute atomic E-state index is 0.0889. The van der Waals surface area contributed by atoms with Crippen molar-refractivity contribution in [2.45, 2.75) is 47.0 Å². The Morgan fingerprint density at radius 2 is 2.04 bits per heavy atom. The molecule has 1 aliphatic carbocycles. The fraction of sp³-hybridized carbons (Fsp3) is 0.500. The van der Waals surface area contributed by atoms with E-state index in [9.17, 15) is 9.59 Å². The molecular weight excluding hydrogens is 292 g/mol. The van der Waals surface area contributed by atoms with Crippen LogP contribution in [0.15, 0.2) is 23.3 Å². The second-order valence-corrected chi connectivity index (χ2v) is 7.00. The molecule has 0 aliphatic heterocycles. The van der Waals surface area contributed by atoms with Gasteiger partial charge in [-0.15, -0.1) is 0 Å². The van der Waals surface area contributed by atoms with E-state index in [-0.39, 0.29) is 23.7 Å². The lowest BCUT2D eigenvalue weighted by Crippen LogP contribution is -2.32. The molecule has 1 saturated carbocycles. The number of hydrogen-bond acceptors (Lipinski definition) is 4. The Morgan fingerprint density at radius 3 is 2.70 bits per heavy atom. The molecule has 1 fully saturated rings. The number of Topliss-reactive ketones (excluding diaryl/α,β-unsaturated/α-hetero) is 1. The Balaban J connectivity index is 1.87. The van der Waals surface area contributed by atoms with Gasteiger partial charge in [-0.3, -0.25) is 9.59 Å². The maximum absolute atomic E-state index is 11.9. The van der Waals surface area contributed by atoms with E-state index in [4.69, 9.17) is 4.74 Å². The van der Waals surface area contributed by atoms with Crippen molar-refractivity contribution in [3.63, 3.8) is 0 Å². The van der Waals surface area contributed by atoms with Gasteiger partial charge in [0.2, 0.25) is 0 Å². The summed E-state index contributed by atoms with van der Waals surface area (Å²) >= 11 is 0. The molecule has 2 rings (SSSR count). The van der Waals surface area contributed by atoms with Gasteiger partial charge in [0, 0.05) is 18.6 Å². The minimum atomic E-state index is -0.326. The second kappa shape index (κ2) is 6.94. The molecule has 0 bridgehead atoms. The summed E-state index contributed by atoms with van der Waals surface area (Å²) in [6, 6.07) is 5.80. The third-order valence-electron chi connectivity index (χ3n) is 3.79. The summed E-state index contributed by atoms with van der Waals surface area (Å²) in [6.45, 7) is 7.91. The van der Waals surface area contributed by atoms with Crippen LogP contribution in [0, 0.1) is 19.3 Å². The molecule has 0 heterocycles. The standard InChI is InChI=1S/C18H24N2O3/c1-12-5-6-16(13(2)7-12)23-11-17(22)20-19-14-8-15(21)10-18(3,4)9-14/h5-7H,8-11H2,1-4H3,(H,20,22)/b19-14+. The number of amides is 1. The van der Waals surface area contributed by atoms with Crippen molar-refractivity contribution in [3.8, 4) is 5.75 Å². The van der Waals surface area contributed by atoms with E-state index in [1.165, 1.54) is 0 Å². The maximum Gasteiger partial charge on any atom is 0.277 e. The van der Waals surface area contributed by atoms with Gasteiger partial charge in [-0.05, 0) is 37.3 Å². The first-order valence-electron chi connectivity index (χ1n) is 7.81. The van der Waals surface area contributed by atoms with Crippen LogP contribution in [0.1, 0.15) is 44.2 Å². The zero-order valence-corrected chi connectivity index (χ0v) is 14.2. The Labute approximate surface area is 137 Å². The van der Waals surface area contributed by atoms with Gasteiger partial charge in [-0.25, -0.2) is 5.43 Å². The summed E-state index contributed by atoms with van der Waals surface area (Å²) in [7, 11) is 0. The Kier molecular flexibility index (Phi) is 5.19. The SMILES string of the molecule is Cc1ccc(OCC(=O)N/N=C2\CC(=O)CC(C)(C)C2)c(C)c1. The summed E-state index contributed by atoms with van der Waals surface area (Å²) in [5.41, 5.74) is 5.26. The molecule has 1 aliphatic rings. The van der Waals surface area contributed by atoms with Crippen molar-refractivity contribution in [2.24, 2.45) is 10.5 Å². The molecular formula is C18H24N2O3. The van der Waals surface area contributed by atoms with Crippen LogP contribution in [-0.2, 0) is 9.59 Å². The molecule has 1 aromatic carbocycles. The zero-order chi connectivity index (χ0) is 17.0.